The minimum Gasteiger partial charge on any atom is -0.455 e. The molecule has 3 nitrogen and oxygen atoms in total. The minimum absolute atomic E-state index is 0.882. The van der Waals surface area contributed by atoms with Gasteiger partial charge in [-0.2, -0.15) is 0 Å². The highest BCUT2D eigenvalue weighted by Gasteiger charge is 2.22. The van der Waals surface area contributed by atoms with E-state index >= 15 is 0 Å². The van der Waals surface area contributed by atoms with Gasteiger partial charge in [0, 0.05) is 38.6 Å². The van der Waals surface area contributed by atoms with E-state index in [4.69, 9.17) is 4.42 Å². The Morgan fingerprint density at radius 1 is 0.382 bits per heavy atom. The molecule has 0 atom stereocenters. The number of furan rings is 1. The summed E-state index contributed by atoms with van der Waals surface area (Å²) in [7, 11) is 0. The molecule has 11 aromatic rings. The van der Waals surface area contributed by atoms with Crippen LogP contribution in [0.2, 0.25) is 0 Å². The van der Waals surface area contributed by atoms with Crippen molar-refractivity contribution in [3.8, 4) is 27.9 Å². The summed E-state index contributed by atoms with van der Waals surface area (Å²) >= 11 is 0. The molecule has 0 aliphatic carbocycles. The fraction of sp³-hybridized carbons (Fsp3) is 0. The van der Waals surface area contributed by atoms with Crippen molar-refractivity contribution in [2.24, 2.45) is 0 Å². The van der Waals surface area contributed by atoms with E-state index in [-0.39, 0.29) is 0 Å². The molecule has 11 rings (SSSR count). The summed E-state index contributed by atoms with van der Waals surface area (Å²) in [5, 5.41) is 6.93. The van der Waals surface area contributed by atoms with Crippen molar-refractivity contribution < 1.29 is 4.42 Å². The standard InChI is InChI=1S/C52H34N2O/c1-3-14-35(15-4-1)37-17-13-20-42(32-37)53(49-34-39-16-7-8-21-43(39)52-51(49)45-23-10-12-25-50(45)55-52)41-29-26-36(27-30-41)38-28-31-48-46(33-38)44-22-9-11-24-47(44)54(48)40-18-5-2-6-19-40/h1-34H. The van der Waals surface area contributed by atoms with Crippen LogP contribution < -0.4 is 4.90 Å². The van der Waals surface area contributed by atoms with Gasteiger partial charge in [-0.3, -0.25) is 0 Å². The number of para-hydroxylation sites is 3. The number of benzene rings is 9. The third-order valence-electron chi connectivity index (χ3n) is 10.9. The Morgan fingerprint density at radius 2 is 1.00 bits per heavy atom. The smallest absolute Gasteiger partial charge is 0.145 e. The van der Waals surface area contributed by atoms with Crippen LogP contribution in [-0.4, -0.2) is 4.57 Å². The van der Waals surface area contributed by atoms with Crippen LogP contribution in [0.4, 0.5) is 17.1 Å². The first-order valence-electron chi connectivity index (χ1n) is 18.8. The van der Waals surface area contributed by atoms with Crippen LogP contribution >= 0.6 is 0 Å². The lowest BCUT2D eigenvalue weighted by Gasteiger charge is -2.27. The molecule has 0 aliphatic rings. The first-order valence-corrected chi connectivity index (χ1v) is 18.8. The molecule has 0 N–H and O–H groups in total. The molecule has 0 amide bonds. The molecule has 0 bridgehead atoms. The number of nitrogens with zero attached hydrogens (tertiary/aromatic N) is 2. The lowest BCUT2D eigenvalue weighted by Crippen LogP contribution is -2.10. The Hall–Kier alpha value is -7.36. The van der Waals surface area contributed by atoms with Crippen molar-refractivity contribution in [2.75, 3.05) is 4.90 Å². The molecular formula is C52H34N2O. The van der Waals surface area contributed by atoms with Gasteiger partial charge in [-0.1, -0.05) is 140 Å². The summed E-state index contributed by atoms with van der Waals surface area (Å²) in [5.74, 6) is 0. The van der Waals surface area contributed by atoms with Crippen LogP contribution in [0.3, 0.4) is 0 Å². The van der Waals surface area contributed by atoms with E-state index in [0.717, 1.165) is 66.6 Å². The molecule has 0 saturated heterocycles. The maximum atomic E-state index is 6.67. The third kappa shape index (κ3) is 5.13. The SMILES string of the molecule is c1ccc(-c2cccc(N(c3ccc(-c4ccc5c(c4)c4ccccc4n5-c4ccccc4)cc3)c3cc4ccccc4c4oc5ccccc5c34)c2)cc1. The van der Waals surface area contributed by atoms with Crippen LogP contribution in [0.5, 0.6) is 0 Å². The van der Waals surface area contributed by atoms with Crippen LogP contribution in [0.1, 0.15) is 0 Å². The van der Waals surface area contributed by atoms with Gasteiger partial charge in [0.15, 0.2) is 0 Å². The van der Waals surface area contributed by atoms with Crippen molar-refractivity contribution in [2.45, 2.75) is 0 Å². The molecule has 9 aromatic carbocycles. The normalized spacial score (nSPS) is 11.6. The summed E-state index contributed by atoms with van der Waals surface area (Å²) in [6, 6.07) is 73.9. The fourth-order valence-electron chi connectivity index (χ4n) is 8.41. The van der Waals surface area contributed by atoms with Crippen molar-refractivity contribution >= 4 is 71.6 Å². The molecular weight excluding hydrogens is 669 g/mol. The first-order chi connectivity index (χ1) is 27.3. The summed E-state index contributed by atoms with van der Waals surface area (Å²) in [5.41, 5.74) is 13.3. The molecule has 0 spiro atoms. The molecule has 55 heavy (non-hydrogen) atoms. The van der Waals surface area contributed by atoms with Crippen molar-refractivity contribution in [3.63, 3.8) is 0 Å². The van der Waals surface area contributed by atoms with E-state index in [9.17, 15) is 0 Å². The van der Waals surface area contributed by atoms with Crippen molar-refractivity contribution in [1.29, 1.82) is 0 Å². The van der Waals surface area contributed by atoms with E-state index in [1.54, 1.807) is 0 Å². The Labute approximate surface area is 318 Å². The summed E-state index contributed by atoms with van der Waals surface area (Å²) < 4.78 is 9.03. The van der Waals surface area contributed by atoms with Gasteiger partial charge >= 0.3 is 0 Å². The molecule has 0 aliphatic heterocycles. The van der Waals surface area contributed by atoms with Gasteiger partial charge in [-0.25, -0.2) is 0 Å². The summed E-state index contributed by atoms with van der Waals surface area (Å²) in [6.45, 7) is 0. The predicted octanol–water partition coefficient (Wildman–Crippen LogP) is 14.6. The zero-order chi connectivity index (χ0) is 36.3. The Kier molecular flexibility index (Phi) is 7.17. The first kappa shape index (κ1) is 31.2. The molecule has 2 heterocycles. The molecule has 0 unspecified atom stereocenters. The zero-order valence-corrected chi connectivity index (χ0v) is 29.9. The predicted molar refractivity (Wildman–Crippen MR) is 231 cm³/mol. The maximum absolute atomic E-state index is 6.67. The Balaban J connectivity index is 1.10. The summed E-state index contributed by atoms with van der Waals surface area (Å²) in [4.78, 5) is 2.39. The van der Waals surface area contributed by atoms with Crippen molar-refractivity contribution in [1.82, 2.24) is 4.57 Å². The number of hydrogen-bond acceptors (Lipinski definition) is 2. The van der Waals surface area contributed by atoms with Gasteiger partial charge in [0.25, 0.3) is 0 Å². The van der Waals surface area contributed by atoms with E-state index in [1.165, 1.54) is 32.9 Å². The minimum atomic E-state index is 0.882. The van der Waals surface area contributed by atoms with Crippen LogP contribution in [0, 0.1) is 0 Å². The third-order valence-corrected chi connectivity index (χ3v) is 10.9. The van der Waals surface area contributed by atoms with Gasteiger partial charge in [0.1, 0.15) is 11.2 Å². The highest BCUT2D eigenvalue weighted by Crippen LogP contribution is 2.47. The van der Waals surface area contributed by atoms with Crippen molar-refractivity contribution in [3.05, 3.63) is 206 Å². The molecule has 3 heteroatoms. The van der Waals surface area contributed by atoms with Gasteiger partial charge in [0.05, 0.1) is 22.1 Å². The fourth-order valence-corrected chi connectivity index (χ4v) is 8.41. The van der Waals surface area contributed by atoms with Gasteiger partial charge in [0.2, 0.25) is 0 Å². The number of rotatable bonds is 6. The topological polar surface area (TPSA) is 21.3 Å². The highest BCUT2D eigenvalue weighted by molar-refractivity contribution is 6.22. The Bertz CT molecular complexity index is 3190. The number of hydrogen-bond donors (Lipinski definition) is 0. The number of fused-ring (bicyclic) bond motifs is 8. The second-order valence-corrected chi connectivity index (χ2v) is 14.1. The molecule has 0 saturated carbocycles. The van der Waals surface area contributed by atoms with Crippen LogP contribution in [-0.2, 0) is 0 Å². The molecule has 0 fully saturated rings. The number of aromatic nitrogens is 1. The maximum Gasteiger partial charge on any atom is 0.145 e. The average Bonchev–Trinajstić information content (AvgIpc) is 3.81. The highest BCUT2D eigenvalue weighted by atomic mass is 16.3. The molecule has 0 radical (unpaired) electrons. The second kappa shape index (κ2) is 12.6. The quantitative estimate of drug-likeness (QED) is 0.172. The lowest BCUT2D eigenvalue weighted by molar-refractivity contribution is 0.672. The van der Waals surface area contributed by atoms with Crippen LogP contribution in [0.25, 0.3) is 82.5 Å². The lowest BCUT2D eigenvalue weighted by atomic mass is 9.99. The van der Waals surface area contributed by atoms with Gasteiger partial charge in [-0.15, -0.1) is 0 Å². The Morgan fingerprint density at radius 3 is 1.84 bits per heavy atom. The summed E-state index contributed by atoms with van der Waals surface area (Å²) in [6.07, 6.45) is 0. The largest absolute Gasteiger partial charge is 0.455 e. The molecule has 258 valence electrons. The molecule has 2 aromatic heterocycles. The zero-order valence-electron chi connectivity index (χ0n) is 29.9. The monoisotopic (exact) mass is 702 g/mol. The van der Waals surface area contributed by atoms with Gasteiger partial charge < -0.3 is 13.9 Å². The number of anilines is 3. The van der Waals surface area contributed by atoms with E-state index in [1.807, 2.05) is 6.07 Å². The van der Waals surface area contributed by atoms with E-state index < -0.39 is 0 Å². The average molecular weight is 703 g/mol. The van der Waals surface area contributed by atoms with E-state index in [0.29, 0.717) is 0 Å². The van der Waals surface area contributed by atoms with Gasteiger partial charge in [-0.05, 0) is 94.4 Å². The van der Waals surface area contributed by atoms with E-state index in [2.05, 4.69) is 210 Å². The van der Waals surface area contributed by atoms with Crippen LogP contribution in [0.15, 0.2) is 211 Å². The second-order valence-electron chi connectivity index (χ2n) is 14.1.